The number of nitrogens with zero attached hydrogens (tertiary/aromatic N) is 1. The summed E-state index contributed by atoms with van der Waals surface area (Å²) >= 11 is 0. The number of rotatable bonds is 6. The van der Waals surface area contributed by atoms with Crippen LogP contribution in [-0.4, -0.2) is 22.8 Å². The molecule has 2 aromatic carbocycles. The van der Waals surface area contributed by atoms with Gasteiger partial charge in [0, 0.05) is 54.0 Å². The first-order valence-electron chi connectivity index (χ1n) is 11.4. The molecule has 0 radical (unpaired) electrons. The molecule has 1 saturated carbocycles. The first-order chi connectivity index (χ1) is 16.6. The highest BCUT2D eigenvalue weighted by molar-refractivity contribution is 5.93. The predicted octanol–water partition coefficient (Wildman–Crippen LogP) is 4.42. The molecule has 2 aliphatic heterocycles. The molecular formula is C28H22N2O4. The average Bonchev–Trinajstić information content (AvgIpc) is 3.35. The van der Waals surface area contributed by atoms with Crippen molar-refractivity contribution in [1.29, 1.82) is 0 Å². The van der Waals surface area contributed by atoms with Crippen LogP contribution in [0.4, 0.5) is 5.82 Å². The molecule has 1 N–H and O–H groups in total. The van der Waals surface area contributed by atoms with E-state index in [4.69, 9.17) is 15.9 Å². The van der Waals surface area contributed by atoms with Gasteiger partial charge in [-0.3, -0.25) is 9.59 Å². The Labute approximate surface area is 197 Å². The Kier molecular flexibility index (Phi) is 4.84. The van der Waals surface area contributed by atoms with Gasteiger partial charge >= 0.3 is 0 Å². The summed E-state index contributed by atoms with van der Waals surface area (Å²) in [7, 11) is 0. The summed E-state index contributed by atoms with van der Waals surface area (Å²) in [5.74, 6) is 5.99. The van der Waals surface area contributed by atoms with Gasteiger partial charge in [0.15, 0.2) is 0 Å². The van der Waals surface area contributed by atoms with E-state index in [-0.39, 0.29) is 29.6 Å². The standard InChI is InChI=1S/C28H22N2O4/c1-2-16-4-3-5-17(12-16)13-18(31)14-22-26-21-15-19(6-8-23(21)34-27(22)26)33-24-10-11-29-28-20(24)7-9-25(32)30-28/h1,3-6,8,10-12,15,22,26-27H,7,9,13-14H2,(H,29,30,32)/t22-,26-,27?/m0/s1. The Hall–Kier alpha value is -4.11. The number of benzene rings is 2. The van der Waals surface area contributed by atoms with E-state index in [0.717, 1.165) is 28.0 Å². The molecule has 3 atom stereocenters. The quantitative estimate of drug-likeness (QED) is 0.563. The second-order valence-corrected chi connectivity index (χ2v) is 9.02. The summed E-state index contributed by atoms with van der Waals surface area (Å²) < 4.78 is 12.3. The smallest absolute Gasteiger partial charge is 0.225 e. The molecule has 3 aliphatic rings. The van der Waals surface area contributed by atoms with Gasteiger partial charge in [-0.1, -0.05) is 18.1 Å². The van der Waals surface area contributed by atoms with E-state index in [1.54, 1.807) is 6.20 Å². The third kappa shape index (κ3) is 3.69. The number of aromatic nitrogens is 1. The number of carbonyl (C=O) groups excluding carboxylic acids is 2. The number of anilines is 1. The summed E-state index contributed by atoms with van der Waals surface area (Å²) in [5, 5.41) is 2.80. The highest BCUT2D eigenvalue weighted by Crippen LogP contribution is 2.60. The van der Waals surface area contributed by atoms with Gasteiger partial charge in [0.25, 0.3) is 0 Å². The zero-order valence-corrected chi connectivity index (χ0v) is 18.4. The molecule has 0 spiro atoms. The molecule has 1 aromatic heterocycles. The van der Waals surface area contributed by atoms with Crippen molar-refractivity contribution in [2.24, 2.45) is 5.92 Å². The third-order valence-electron chi connectivity index (χ3n) is 6.76. The van der Waals surface area contributed by atoms with Gasteiger partial charge in [-0.2, -0.15) is 0 Å². The second kappa shape index (κ2) is 8.03. The number of amides is 1. The lowest BCUT2D eigenvalue weighted by Gasteiger charge is -2.19. The normalized spacial score (nSPS) is 21.3. The zero-order valence-electron chi connectivity index (χ0n) is 18.4. The van der Waals surface area contributed by atoms with Gasteiger partial charge in [0.1, 0.15) is 35.0 Å². The molecule has 168 valence electrons. The van der Waals surface area contributed by atoms with Crippen LogP contribution in [-0.2, 0) is 22.4 Å². The highest BCUT2D eigenvalue weighted by Gasteiger charge is 2.59. The van der Waals surface area contributed by atoms with E-state index >= 15 is 0 Å². The number of carbonyl (C=O) groups is 2. The zero-order chi connectivity index (χ0) is 23.2. The van der Waals surface area contributed by atoms with Crippen LogP contribution in [0.3, 0.4) is 0 Å². The number of hydrogen-bond acceptors (Lipinski definition) is 5. The van der Waals surface area contributed by atoms with Crippen molar-refractivity contribution in [2.45, 2.75) is 37.7 Å². The number of ketones is 1. The Morgan fingerprint density at radius 1 is 1.21 bits per heavy atom. The van der Waals surface area contributed by atoms with Crippen molar-refractivity contribution >= 4 is 17.5 Å². The van der Waals surface area contributed by atoms with Crippen LogP contribution in [0.15, 0.2) is 54.7 Å². The molecule has 6 nitrogen and oxygen atoms in total. The summed E-state index contributed by atoms with van der Waals surface area (Å²) in [4.78, 5) is 28.6. The molecule has 1 amide bonds. The van der Waals surface area contributed by atoms with E-state index in [1.807, 2.05) is 48.5 Å². The Morgan fingerprint density at radius 3 is 3.00 bits per heavy atom. The van der Waals surface area contributed by atoms with Crippen LogP contribution in [0.25, 0.3) is 0 Å². The van der Waals surface area contributed by atoms with Gasteiger partial charge < -0.3 is 14.8 Å². The van der Waals surface area contributed by atoms with Crippen molar-refractivity contribution in [1.82, 2.24) is 4.98 Å². The fourth-order valence-corrected chi connectivity index (χ4v) is 5.07. The molecule has 1 aliphatic carbocycles. The summed E-state index contributed by atoms with van der Waals surface area (Å²) in [6.07, 6.45) is 9.02. The van der Waals surface area contributed by atoms with Crippen LogP contribution in [0.2, 0.25) is 0 Å². The van der Waals surface area contributed by atoms with E-state index < -0.39 is 0 Å². The van der Waals surface area contributed by atoms with Crippen molar-refractivity contribution in [3.05, 3.63) is 77.0 Å². The number of pyridine rings is 1. The lowest BCUT2D eigenvalue weighted by atomic mass is 10.0. The Balaban J connectivity index is 1.14. The number of Topliss-reactive ketones (excluding diaryl/α,β-unsaturated/α-hetero) is 1. The topological polar surface area (TPSA) is 77.5 Å². The van der Waals surface area contributed by atoms with Crippen molar-refractivity contribution < 1.29 is 19.1 Å². The van der Waals surface area contributed by atoms with Crippen LogP contribution >= 0.6 is 0 Å². The number of fused-ring (bicyclic) bond motifs is 4. The Morgan fingerprint density at radius 2 is 2.12 bits per heavy atom. The molecule has 1 fully saturated rings. The fraction of sp³-hybridized carbons (Fsp3) is 0.250. The minimum absolute atomic E-state index is 0.0315. The highest BCUT2D eigenvalue weighted by atomic mass is 16.5. The minimum Gasteiger partial charge on any atom is -0.489 e. The first kappa shape index (κ1) is 20.5. The van der Waals surface area contributed by atoms with Crippen molar-refractivity contribution in [2.75, 3.05) is 5.32 Å². The molecule has 1 unspecified atom stereocenters. The SMILES string of the molecule is C#Cc1cccc(CC(=O)C[C@@H]2C3Oc4ccc(Oc5ccnc6c5CCC(=O)N6)cc4[C@H]32)c1. The van der Waals surface area contributed by atoms with Crippen LogP contribution in [0, 0.1) is 18.3 Å². The molecule has 6 heteroatoms. The maximum Gasteiger partial charge on any atom is 0.225 e. The number of terminal acetylenes is 1. The minimum atomic E-state index is -0.0315. The van der Waals surface area contributed by atoms with Crippen LogP contribution in [0.5, 0.6) is 17.2 Å². The molecular weight excluding hydrogens is 428 g/mol. The molecule has 6 rings (SSSR count). The van der Waals surface area contributed by atoms with Gasteiger partial charge in [-0.15, -0.1) is 6.42 Å². The number of ether oxygens (including phenoxy) is 2. The van der Waals surface area contributed by atoms with E-state index in [9.17, 15) is 9.59 Å². The second-order valence-electron chi connectivity index (χ2n) is 9.02. The van der Waals surface area contributed by atoms with Gasteiger partial charge in [-0.05, 0) is 48.4 Å². The summed E-state index contributed by atoms with van der Waals surface area (Å²) in [6.45, 7) is 0. The molecule has 3 heterocycles. The van der Waals surface area contributed by atoms with Crippen LogP contribution in [0.1, 0.15) is 41.0 Å². The monoisotopic (exact) mass is 450 g/mol. The largest absolute Gasteiger partial charge is 0.489 e. The maximum absolute atomic E-state index is 12.7. The maximum atomic E-state index is 12.7. The number of hydrogen-bond donors (Lipinski definition) is 1. The van der Waals surface area contributed by atoms with E-state index in [2.05, 4.69) is 16.2 Å². The van der Waals surface area contributed by atoms with Crippen LogP contribution < -0.4 is 14.8 Å². The lowest BCUT2D eigenvalue weighted by Crippen LogP contribution is -2.20. The number of nitrogens with one attached hydrogen (secondary N) is 1. The van der Waals surface area contributed by atoms with E-state index in [1.165, 1.54) is 0 Å². The molecule has 34 heavy (non-hydrogen) atoms. The summed E-state index contributed by atoms with van der Waals surface area (Å²) in [6, 6.07) is 15.2. The third-order valence-corrected chi connectivity index (χ3v) is 6.76. The van der Waals surface area contributed by atoms with Gasteiger partial charge in [0.2, 0.25) is 5.91 Å². The average molecular weight is 450 g/mol. The first-order valence-corrected chi connectivity index (χ1v) is 11.4. The lowest BCUT2D eigenvalue weighted by molar-refractivity contribution is -0.119. The van der Waals surface area contributed by atoms with E-state index in [0.29, 0.717) is 43.0 Å². The molecule has 3 aromatic rings. The summed E-state index contributed by atoms with van der Waals surface area (Å²) in [5.41, 5.74) is 3.72. The van der Waals surface area contributed by atoms with Crippen molar-refractivity contribution in [3.63, 3.8) is 0 Å². The Bertz CT molecular complexity index is 1370. The van der Waals surface area contributed by atoms with Crippen molar-refractivity contribution in [3.8, 4) is 29.6 Å². The molecule has 0 bridgehead atoms. The van der Waals surface area contributed by atoms with Gasteiger partial charge in [-0.25, -0.2) is 4.98 Å². The van der Waals surface area contributed by atoms with Gasteiger partial charge in [0.05, 0.1) is 0 Å². The predicted molar refractivity (Wildman–Crippen MR) is 126 cm³/mol. The molecule has 0 saturated heterocycles. The fourth-order valence-electron chi connectivity index (χ4n) is 5.07.